The van der Waals surface area contributed by atoms with Gasteiger partial charge < -0.3 is 19.8 Å². The lowest BCUT2D eigenvalue weighted by Crippen LogP contribution is -2.30. The van der Waals surface area contributed by atoms with Gasteiger partial charge in [0, 0.05) is 18.5 Å². The zero-order valence-electron chi connectivity index (χ0n) is 18.3. The largest absolute Gasteiger partial charge is 0.507 e. The van der Waals surface area contributed by atoms with E-state index in [9.17, 15) is 23.9 Å². The molecule has 1 fully saturated rings. The molecule has 1 atom stereocenters. The van der Waals surface area contributed by atoms with Gasteiger partial charge in [-0.1, -0.05) is 18.6 Å². The second kappa shape index (κ2) is 10.8. The summed E-state index contributed by atoms with van der Waals surface area (Å²) in [5.41, 5.74) is 0.778. The molecule has 2 aromatic carbocycles. The molecule has 0 aromatic heterocycles. The van der Waals surface area contributed by atoms with Gasteiger partial charge in [0.25, 0.3) is 11.7 Å². The second-order valence-corrected chi connectivity index (χ2v) is 7.71. The van der Waals surface area contributed by atoms with E-state index in [4.69, 9.17) is 9.84 Å². The SMILES string of the molecule is CCOc1ccc([C@@H]2C(=C(O)c3ccc(F)cc3)C(=O)C(=O)N2CCCCCC(=O)O)cc1. The van der Waals surface area contributed by atoms with E-state index in [1.165, 1.54) is 29.2 Å². The average Bonchev–Trinajstić information content (AvgIpc) is 3.04. The normalized spacial score (nSPS) is 17.4. The van der Waals surface area contributed by atoms with Crippen molar-refractivity contribution < 1.29 is 33.7 Å². The highest BCUT2D eigenvalue weighted by Crippen LogP contribution is 2.40. The van der Waals surface area contributed by atoms with Gasteiger partial charge in [0.05, 0.1) is 18.2 Å². The Morgan fingerprint density at radius 3 is 2.27 bits per heavy atom. The van der Waals surface area contributed by atoms with Crippen molar-refractivity contribution >= 4 is 23.4 Å². The highest BCUT2D eigenvalue weighted by molar-refractivity contribution is 6.46. The molecule has 1 aliphatic heterocycles. The fraction of sp³-hybridized carbons (Fsp3) is 0.320. The van der Waals surface area contributed by atoms with E-state index < -0.39 is 29.5 Å². The zero-order chi connectivity index (χ0) is 24.0. The van der Waals surface area contributed by atoms with Gasteiger partial charge in [-0.2, -0.15) is 0 Å². The fourth-order valence-electron chi connectivity index (χ4n) is 3.87. The lowest BCUT2D eigenvalue weighted by molar-refractivity contribution is -0.140. The van der Waals surface area contributed by atoms with E-state index in [-0.39, 0.29) is 29.9 Å². The van der Waals surface area contributed by atoms with Crippen LogP contribution in [0.3, 0.4) is 0 Å². The molecule has 0 saturated carbocycles. The Kier molecular flexibility index (Phi) is 7.82. The van der Waals surface area contributed by atoms with Crippen molar-refractivity contribution in [2.75, 3.05) is 13.2 Å². The Hall–Kier alpha value is -3.68. The maximum Gasteiger partial charge on any atom is 0.303 e. The quantitative estimate of drug-likeness (QED) is 0.240. The first-order valence-electron chi connectivity index (χ1n) is 10.8. The van der Waals surface area contributed by atoms with Gasteiger partial charge in [-0.05, 0) is 61.7 Å². The number of carbonyl (C=O) groups excluding carboxylic acids is 2. The van der Waals surface area contributed by atoms with Crippen LogP contribution in [0.5, 0.6) is 5.75 Å². The minimum Gasteiger partial charge on any atom is -0.507 e. The van der Waals surface area contributed by atoms with Crippen LogP contribution in [0.2, 0.25) is 0 Å². The highest BCUT2D eigenvalue weighted by atomic mass is 19.1. The molecule has 1 saturated heterocycles. The van der Waals surface area contributed by atoms with Crippen molar-refractivity contribution in [3.8, 4) is 5.75 Å². The number of amides is 1. The van der Waals surface area contributed by atoms with E-state index in [0.29, 0.717) is 37.2 Å². The molecule has 8 heteroatoms. The summed E-state index contributed by atoms with van der Waals surface area (Å²) in [6, 6.07) is 11.1. The number of halogens is 1. The predicted octanol–water partition coefficient (Wildman–Crippen LogP) is 4.29. The highest BCUT2D eigenvalue weighted by Gasteiger charge is 2.45. The summed E-state index contributed by atoms with van der Waals surface area (Å²) >= 11 is 0. The number of hydrogen-bond donors (Lipinski definition) is 2. The Morgan fingerprint density at radius 1 is 1.00 bits per heavy atom. The third-order valence-corrected chi connectivity index (χ3v) is 5.45. The molecular formula is C25H26FNO6. The van der Waals surface area contributed by atoms with Crippen molar-refractivity contribution in [2.45, 2.75) is 38.6 Å². The van der Waals surface area contributed by atoms with Gasteiger partial charge in [0.1, 0.15) is 17.3 Å². The Labute approximate surface area is 191 Å². The Bertz CT molecular complexity index is 1050. The molecule has 174 valence electrons. The minimum atomic E-state index is -0.885. The minimum absolute atomic E-state index is 0.0334. The summed E-state index contributed by atoms with van der Waals surface area (Å²) in [4.78, 5) is 37.9. The summed E-state index contributed by atoms with van der Waals surface area (Å²) in [7, 11) is 0. The molecule has 0 radical (unpaired) electrons. The van der Waals surface area contributed by atoms with Gasteiger partial charge in [-0.3, -0.25) is 14.4 Å². The standard InChI is InChI=1S/C25H26FNO6/c1-2-33-19-13-9-16(10-14-19)22-21(23(30)17-7-11-18(26)12-8-17)24(31)25(32)27(22)15-5-3-4-6-20(28)29/h7-14,22,30H,2-6,15H2,1H3,(H,28,29)/t22-/m1/s1. The number of ether oxygens (including phenoxy) is 1. The van der Waals surface area contributed by atoms with Crippen molar-refractivity contribution in [3.05, 3.63) is 71.0 Å². The topological polar surface area (TPSA) is 104 Å². The van der Waals surface area contributed by atoms with E-state index in [1.54, 1.807) is 24.3 Å². The number of ketones is 1. The van der Waals surface area contributed by atoms with E-state index in [0.717, 1.165) is 0 Å². The summed E-state index contributed by atoms with van der Waals surface area (Å²) in [6.07, 6.45) is 1.57. The van der Waals surface area contributed by atoms with Crippen LogP contribution in [0.25, 0.3) is 5.76 Å². The molecule has 0 aliphatic carbocycles. The molecule has 1 amide bonds. The third-order valence-electron chi connectivity index (χ3n) is 5.45. The lowest BCUT2D eigenvalue weighted by atomic mass is 9.95. The van der Waals surface area contributed by atoms with Crippen LogP contribution in [-0.2, 0) is 14.4 Å². The van der Waals surface area contributed by atoms with Gasteiger partial charge in [0.15, 0.2) is 0 Å². The smallest absolute Gasteiger partial charge is 0.303 e. The van der Waals surface area contributed by atoms with Crippen molar-refractivity contribution in [1.82, 2.24) is 4.90 Å². The molecule has 1 aliphatic rings. The number of carboxylic acids is 1. The Morgan fingerprint density at radius 2 is 1.67 bits per heavy atom. The molecule has 3 rings (SSSR count). The maximum absolute atomic E-state index is 13.3. The number of benzene rings is 2. The number of rotatable bonds is 10. The van der Waals surface area contributed by atoms with Crippen LogP contribution in [0.4, 0.5) is 4.39 Å². The number of carboxylic acid groups (broad SMARTS) is 1. The van der Waals surface area contributed by atoms with Crippen LogP contribution in [0.15, 0.2) is 54.1 Å². The molecule has 0 unspecified atom stereocenters. The molecular weight excluding hydrogens is 429 g/mol. The number of carbonyl (C=O) groups is 3. The Balaban J connectivity index is 1.96. The second-order valence-electron chi connectivity index (χ2n) is 7.71. The summed E-state index contributed by atoms with van der Waals surface area (Å²) < 4.78 is 18.8. The van der Waals surface area contributed by atoms with Gasteiger partial charge in [0.2, 0.25) is 0 Å². The van der Waals surface area contributed by atoms with Crippen LogP contribution in [-0.4, -0.2) is 45.9 Å². The van der Waals surface area contributed by atoms with Gasteiger partial charge in [-0.15, -0.1) is 0 Å². The number of nitrogens with zero attached hydrogens (tertiary/aromatic N) is 1. The van der Waals surface area contributed by atoms with Crippen molar-refractivity contribution in [3.63, 3.8) is 0 Å². The van der Waals surface area contributed by atoms with Gasteiger partial charge >= 0.3 is 5.97 Å². The first kappa shape index (κ1) is 24.0. The number of hydrogen-bond acceptors (Lipinski definition) is 5. The summed E-state index contributed by atoms with van der Waals surface area (Å²) in [5.74, 6) is -2.68. The number of likely N-dealkylation sites (tertiary alicyclic amines) is 1. The van der Waals surface area contributed by atoms with Crippen LogP contribution in [0.1, 0.15) is 49.8 Å². The summed E-state index contributed by atoms with van der Waals surface area (Å²) in [5, 5.41) is 19.7. The van der Waals surface area contributed by atoms with Gasteiger partial charge in [-0.25, -0.2) is 4.39 Å². The average molecular weight is 455 g/mol. The summed E-state index contributed by atoms with van der Waals surface area (Å²) in [6.45, 7) is 2.57. The van der Waals surface area contributed by atoms with Crippen LogP contribution < -0.4 is 4.74 Å². The maximum atomic E-state index is 13.3. The number of unbranched alkanes of at least 4 members (excludes halogenated alkanes) is 2. The zero-order valence-corrected chi connectivity index (χ0v) is 18.3. The molecule has 2 N–H and O–H groups in total. The molecule has 2 aromatic rings. The molecule has 33 heavy (non-hydrogen) atoms. The molecule has 7 nitrogen and oxygen atoms in total. The number of aliphatic carboxylic acids is 1. The first-order chi connectivity index (χ1) is 15.8. The van der Waals surface area contributed by atoms with E-state index in [1.807, 2.05) is 6.92 Å². The van der Waals surface area contributed by atoms with Crippen molar-refractivity contribution in [2.24, 2.45) is 0 Å². The molecule has 0 bridgehead atoms. The predicted molar refractivity (Wildman–Crippen MR) is 119 cm³/mol. The van der Waals surface area contributed by atoms with E-state index in [2.05, 4.69) is 0 Å². The van der Waals surface area contributed by atoms with Crippen LogP contribution in [0, 0.1) is 5.82 Å². The third kappa shape index (κ3) is 5.58. The number of aliphatic hydroxyl groups is 1. The number of aliphatic hydroxyl groups excluding tert-OH is 1. The lowest BCUT2D eigenvalue weighted by Gasteiger charge is -2.25. The first-order valence-corrected chi connectivity index (χ1v) is 10.8. The molecule has 0 spiro atoms. The monoisotopic (exact) mass is 455 g/mol. The fourth-order valence-corrected chi connectivity index (χ4v) is 3.87. The van der Waals surface area contributed by atoms with Crippen LogP contribution >= 0.6 is 0 Å². The van der Waals surface area contributed by atoms with Crippen molar-refractivity contribution in [1.29, 1.82) is 0 Å². The number of Topliss-reactive ketones (excluding diaryl/α,β-unsaturated/α-hetero) is 1. The van der Waals surface area contributed by atoms with E-state index >= 15 is 0 Å². The molecule has 1 heterocycles.